The Morgan fingerprint density at radius 1 is 1.07 bits per heavy atom. The van der Waals surface area contributed by atoms with E-state index in [0.29, 0.717) is 0 Å². The number of amides is 2. The lowest BCUT2D eigenvalue weighted by Crippen LogP contribution is -2.50. The highest BCUT2D eigenvalue weighted by Gasteiger charge is 2.21. The molecule has 1 N–H and O–H groups in total. The Morgan fingerprint density at radius 2 is 1.89 bits per heavy atom. The van der Waals surface area contributed by atoms with Gasteiger partial charge in [-0.2, -0.15) is 0 Å². The Bertz CT molecular complexity index is 974. The lowest BCUT2D eigenvalue weighted by molar-refractivity contribution is 0.144. The average Bonchev–Trinajstić information content (AvgIpc) is 3.13. The molecule has 3 aromatic rings. The molecule has 7 heteroatoms. The molecule has 3 heterocycles. The van der Waals surface area contributed by atoms with Crippen LogP contribution in [0.1, 0.15) is 11.1 Å². The van der Waals surface area contributed by atoms with E-state index in [2.05, 4.69) is 30.8 Å². The lowest BCUT2D eigenvalue weighted by Gasteiger charge is -2.34. The SMILES string of the molecule is Cc1ccc(C)c(NC(=O)N2CCN(CCn3cnc4cccnc43)CC2)c1. The van der Waals surface area contributed by atoms with Crippen molar-refractivity contribution in [3.63, 3.8) is 0 Å². The van der Waals surface area contributed by atoms with Crippen LogP contribution >= 0.6 is 0 Å². The van der Waals surface area contributed by atoms with Crippen molar-refractivity contribution in [2.75, 3.05) is 38.0 Å². The van der Waals surface area contributed by atoms with Gasteiger partial charge in [-0.3, -0.25) is 4.90 Å². The van der Waals surface area contributed by atoms with Crippen LogP contribution in [0.2, 0.25) is 0 Å². The fourth-order valence-electron chi connectivity index (χ4n) is 3.55. The highest BCUT2D eigenvalue weighted by Crippen LogP contribution is 2.17. The van der Waals surface area contributed by atoms with Crippen LogP contribution in [-0.2, 0) is 6.54 Å². The summed E-state index contributed by atoms with van der Waals surface area (Å²) in [7, 11) is 0. The van der Waals surface area contributed by atoms with Crippen LogP contribution < -0.4 is 5.32 Å². The number of anilines is 1. The highest BCUT2D eigenvalue weighted by molar-refractivity contribution is 5.90. The van der Waals surface area contributed by atoms with Gasteiger partial charge in [-0.05, 0) is 43.2 Å². The minimum atomic E-state index is -0.0156. The summed E-state index contributed by atoms with van der Waals surface area (Å²) in [5, 5.41) is 3.06. The molecule has 0 bridgehead atoms. The fourth-order valence-corrected chi connectivity index (χ4v) is 3.55. The van der Waals surface area contributed by atoms with Gasteiger partial charge in [0.2, 0.25) is 0 Å². The number of carbonyl (C=O) groups excluding carboxylic acids is 1. The smallest absolute Gasteiger partial charge is 0.321 e. The number of rotatable bonds is 4. The highest BCUT2D eigenvalue weighted by atomic mass is 16.2. The topological polar surface area (TPSA) is 66.3 Å². The fraction of sp³-hybridized carbons (Fsp3) is 0.381. The van der Waals surface area contributed by atoms with Crippen molar-refractivity contribution in [3.8, 4) is 0 Å². The second kappa shape index (κ2) is 7.98. The summed E-state index contributed by atoms with van der Waals surface area (Å²) >= 11 is 0. The van der Waals surface area contributed by atoms with Gasteiger partial charge in [0.05, 0.1) is 6.33 Å². The molecule has 0 radical (unpaired) electrons. The van der Waals surface area contributed by atoms with Crippen LogP contribution in [0, 0.1) is 13.8 Å². The molecule has 28 heavy (non-hydrogen) atoms. The maximum Gasteiger partial charge on any atom is 0.321 e. The van der Waals surface area contributed by atoms with E-state index in [9.17, 15) is 4.79 Å². The van der Waals surface area contributed by atoms with Crippen molar-refractivity contribution in [2.24, 2.45) is 0 Å². The number of fused-ring (bicyclic) bond motifs is 1. The van der Waals surface area contributed by atoms with Crippen LogP contribution in [0.4, 0.5) is 10.5 Å². The van der Waals surface area contributed by atoms with E-state index in [1.807, 2.05) is 49.3 Å². The van der Waals surface area contributed by atoms with Crippen molar-refractivity contribution >= 4 is 22.9 Å². The molecule has 2 aromatic heterocycles. The molecule has 0 unspecified atom stereocenters. The third kappa shape index (κ3) is 3.99. The summed E-state index contributed by atoms with van der Waals surface area (Å²) in [6.07, 6.45) is 3.65. The molecule has 1 aromatic carbocycles. The van der Waals surface area contributed by atoms with Crippen LogP contribution in [0.3, 0.4) is 0 Å². The lowest BCUT2D eigenvalue weighted by atomic mass is 10.1. The number of piperazine rings is 1. The van der Waals surface area contributed by atoms with Crippen molar-refractivity contribution < 1.29 is 4.79 Å². The van der Waals surface area contributed by atoms with E-state index in [4.69, 9.17) is 0 Å². The van der Waals surface area contributed by atoms with E-state index < -0.39 is 0 Å². The first-order chi connectivity index (χ1) is 13.6. The first-order valence-electron chi connectivity index (χ1n) is 9.71. The van der Waals surface area contributed by atoms with Gasteiger partial charge in [0.25, 0.3) is 0 Å². The summed E-state index contributed by atoms with van der Waals surface area (Å²) in [4.78, 5) is 25.7. The largest absolute Gasteiger partial charge is 0.322 e. The monoisotopic (exact) mass is 378 g/mol. The maximum atomic E-state index is 12.6. The third-order valence-electron chi connectivity index (χ3n) is 5.33. The second-order valence-electron chi connectivity index (χ2n) is 7.36. The molecule has 146 valence electrons. The Morgan fingerprint density at radius 3 is 2.71 bits per heavy atom. The minimum absolute atomic E-state index is 0.0156. The van der Waals surface area contributed by atoms with Crippen LogP contribution in [-0.4, -0.2) is 63.1 Å². The zero-order chi connectivity index (χ0) is 19.5. The van der Waals surface area contributed by atoms with Gasteiger partial charge in [0.1, 0.15) is 5.52 Å². The number of imidazole rings is 1. The number of urea groups is 1. The van der Waals surface area contributed by atoms with Crippen molar-refractivity contribution in [1.29, 1.82) is 0 Å². The quantitative estimate of drug-likeness (QED) is 0.758. The van der Waals surface area contributed by atoms with Gasteiger partial charge >= 0.3 is 6.03 Å². The number of hydrogen-bond donors (Lipinski definition) is 1. The van der Waals surface area contributed by atoms with Gasteiger partial charge in [-0.15, -0.1) is 0 Å². The molecule has 1 fully saturated rings. The van der Waals surface area contributed by atoms with Crippen molar-refractivity contribution in [2.45, 2.75) is 20.4 Å². The molecule has 0 aliphatic carbocycles. The van der Waals surface area contributed by atoms with E-state index in [-0.39, 0.29) is 6.03 Å². The molecule has 4 rings (SSSR count). The van der Waals surface area contributed by atoms with Crippen LogP contribution in [0.25, 0.3) is 11.2 Å². The molecule has 7 nitrogen and oxygen atoms in total. The number of benzene rings is 1. The molecular formula is C21H26N6O. The number of aromatic nitrogens is 3. The third-order valence-corrected chi connectivity index (χ3v) is 5.33. The molecule has 0 atom stereocenters. The first kappa shape index (κ1) is 18.4. The van der Waals surface area contributed by atoms with E-state index in [0.717, 1.165) is 67.2 Å². The molecule has 0 spiro atoms. The van der Waals surface area contributed by atoms with E-state index in [1.54, 1.807) is 6.20 Å². The predicted molar refractivity (Wildman–Crippen MR) is 110 cm³/mol. The molecule has 1 saturated heterocycles. The van der Waals surface area contributed by atoms with Gasteiger partial charge in [-0.1, -0.05) is 12.1 Å². The predicted octanol–water partition coefficient (Wildman–Crippen LogP) is 2.90. The van der Waals surface area contributed by atoms with Gasteiger partial charge in [0.15, 0.2) is 5.65 Å². The van der Waals surface area contributed by atoms with Crippen LogP contribution in [0.15, 0.2) is 42.9 Å². The number of nitrogens with zero attached hydrogens (tertiary/aromatic N) is 5. The van der Waals surface area contributed by atoms with Gasteiger partial charge in [0, 0.05) is 51.2 Å². The molecule has 0 saturated carbocycles. The van der Waals surface area contributed by atoms with Crippen LogP contribution in [0.5, 0.6) is 0 Å². The van der Waals surface area contributed by atoms with Gasteiger partial charge in [-0.25, -0.2) is 14.8 Å². The Labute approximate surface area is 165 Å². The summed E-state index contributed by atoms with van der Waals surface area (Å²) in [5.41, 5.74) is 4.97. The van der Waals surface area contributed by atoms with Crippen molar-refractivity contribution in [1.82, 2.24) is 24.3 Å². The van der Waals surface area contributed by atoms with E-state index >= 15 is 0 Å². The number of hydrogen-bond acceptors (Lipinski definition) is 4. The summed E-state index contributed by atoms with van der Waals surface area (Å²) < 4.78 is 2.09. The molecule has 2 amide bonds. The number of pyridine rings is 1. The van der Waals surface area contributed by atoms with Crippen molar-refractivity contribution in [3.05, 3.63) is 54.0 Å². The van der Waals surface area contributed by atoms with Gasteiger partial charge < -0.3 is 14.8 Å². The molecule has 1 aliphatic heterocycles. The Balaban J connectivity index is 1.28. The Hall–Kier alpha value is -2.93. The summed E-state index contributed by atoms with van der Waals surface area (Å²) in [6, 6.07) is 9.99. The number of aryl methyl sites for hydroxylation is 2. The number of carbonyl (C=O) groups is 1. The van der Waals surface area contributed by atoms with E-state index in [1.165, 1.54) is 0 Å². The molecular weight excluding hydrogens is 352 g/mol. The minimum Gasteiger partial charge on any atom is -0.322 e. The number of nitrogens with one attached hydrogen (secondary N) is 1. The average molecular weight is 378 g/mol. The second-order valence-corrected chi connectivity index (χ2v) is 7.36. The summed E-state index contributed by atoms with van der Waals surface area (Å²) in [6.45, 7) is 9.05. The zero-order valence-corrected chi connectivity index (χ0v) is 16.4. The normalized spacial score (nSPS) is 15.1. The zero-order valence-electron chi connectivity index (χ0n) is 16.4. The Kier molecular flexibility index (Phi) is 5.25. The molecule has 1 aliphatic rings. The summed E-state index contributed by atoms with van der Waals surface area (Å²) in [5.74, 6) is 0. The standard InChI is InChI=1S/C21H26N6O/c1-16-5-6-17(2)19(14-16)24-21(28)26-11-8-25(9-12-26)10-13-27-15-23-18-4-3-7-22-20(18)27/h3-7,14-15H,8-13H2,1-2H3,(H,24,28). The first-order valence-corrected chi connectivity index (χ1v) is 9.71. The maximum absolute atomic E-state index is 12.6.